The van der Waals surface area contributed by atoms with Gasteiger partial charge in [-0.2, -0.15) is 5.26 Å². The van der Waals surface area contributed by atoms with Crippen molar-refractivity contribution in [3.05, 3.63) is 90.0 Å². The van der Waals surface area contributed by atoms with Gasteiger partial charge in [0.15, 0.2) is 0 Å². The van der Waals surface area contributed by atoms with Crippen molar-refractivity contribution in [2.75, 3.05) is 0 Å². The van der Waals surface area contributed by atoms with Crippen LogP contribution >= 0.6 is 22.9 Å². The molecule has 3 aromatic rings. The van der Waals surface area contributed by atoms with Crippen LogP contribution in [0, 0.1) is 17.1 Å². The zero-order chi connectivity index (χ0) is 20.3. The fraction of sp³-hybridized carbons (Fsp3) is 0.0952. The Balaban J connectivity index is 2.32. The number of rotatable bonds is 4. The molecule has 0 aliphatic carbocycles. The lowest BCUT2D eigenvalue weighted by molar-refractivity contribution is 0.105. The fourth-order valence-corrected chi connectivity index (χ4v) is 4.06. The minimum Gasteiger partial charge on any atom is -0.298 e. The van der Waals surface area contributed by atoms with Crippen molar-refractivity contribution in [1.82, 2.24) is 4.57 Å². The van der Waals surface area contributed by atoms with Crippen LogP contribution in [-0.4, -0.2) is 10.4 Å². The van der Waals surface area contributed by atoms with E-state index >= 15 is 0 Å². The van der Waals surface area contributed by atoms with Crippen LogP contribution in [0.2, 0.25) is 5.02 Å². The Bertz CT molecular complexity index is 1250. The molecule has 0 unspecified atom stereocenters. The summed E-state index contributed by atoms with van der Waals surface area (Å²) in [7, 11) is 0. The molecule has 0 bridgehead atoms. The largest absolute Gasteiger partial charge is 0.298 e. The second-order valence-electron chi connectivity index (χ2n) is 5.78. The Hall–Kier alpha value is -3.01. The van der Waals surface area contributed by atoms with Crippen molar-refractivity contribution in [2.24, 2.45) is 0 Å². The Labute approximate surface area is 169 Å². The average Bonchev–Trinajstić information content (AvgIpc) is 3.01. The summed E-state index contributed by atoms with van der Waals surface area (Å²) < 4.78 is 15.9. The van der Waals surface area contributed by atoms with Gasteiger partial charge in [-0.25, -0.2) is 4.39 Å². The molecule has 1 heterocycles. The molecular weight excluding hydrogens is 399 g/mol. The molecule has 0 aliphatic rings. The highest BCUT2D eigenvalue weighted by atomic mass is 35.5. The predicted molar refractivity (Wildman–Crippen MR) is 108 cm³/mol. The molecule has 7 heteroatoms. The summed E-state index contributed by atoms with van der Waals surface area (Å²) in [4.78, 5) is 25.5. The van der Waals surface area contributed by atoms with Crippen LogP contribution < -0.4 is 14.8 Å². The summed E-state index contributed by atoms with van der Waals surface area (Å²) in [5.74, 6) is -1.03. The SMILES string of the molecule is CCn1c(=O)/c(=C\c2c(F)cccc2Cl)s/c1=C(/C#N)C(=O)c1ccccc1. The normalized spacial score (nSPS) is 12.6. The van der Waals surface area contributed by atoms with E-state index in [2.05, 4.69) is 0 Å². The van der Waals surface area contributed by atoms with E-state index in [-0.39, 0.29) is 31.9 Å². The van der Waals surface area contributed by atoms with E-state index in [1.807, 2.05) is 6.07 Å². The van der Waals surface area contributed by atoms with Gasteiger partial charge in [0.2, 0.25) is 5.78 Å². The maximum Gasteiger partial charge on any atom is 0.269 e. The van der Waals surface area contributed by atoms with Crippen molar-refractivity contribution in [2.45, 2.75) is 13.5 Å². The molecule has 0 atom stereocenters. The molecule has 2 aromatic carbocycles. The fourth-order valence-electron chi connectivity index (χ4n) is 2.70. The van der Waals surface area contributed by atoms with Crippen molar-refractivity contribution in [1.29, 1.82) is 5.26 Å². The van der Waals surface area contributed by atoms with Crippen LogP contribution in [0.15, 0.2) is 53.3 Å². The highest BCUT2D eigenvalue weighted by molar-refractivity contribution is 7.07. The average molecular weight is 413 g/mol. The molecular formula is C21H14ClFN2O2S. The summed E-state index contributed by atoms with van der Waals surface area (Å²) in [6.45, 7) is 2.00. The van der Waals surface area contributed by atoms with Crippen LogP contribution in [-0.2, 0) is 6.54 Å². The summed E-state index contributed by atoms with van der Waals surface area (Å²) in [6, 6.07) is 14.5. The monoisotopic (exact) mass is 412 g/mol. The van der Waals surface area contributed by atoms with Gasteiger partial charge in [0.25, 0.3) is 5.56 Å². The Morgan fingerprint density at radius 2 is 1.96 bits per heavy atom. The predicted octanol–water partition coefficient (Wildman–Crippen LogP) is 3.11. The Kier molecular flexibility index (Phi) is 5.88. The van der Waals surface area contributed by atoms with Crippen LogP contribution in [0.25, 0.3) is 11.6 Å². The van der Waals surface area contributed by atoms with Crippen molar-refractivity contribution in [3.63, 3.8) is 0 Å². The number of halogens is 2. The van der Waals surface area contributed by atoms with Crippen molar-refractivity contribution in [3.8, 4) is 6.07 Å². The first-order valence-electron chi connectivity index (χ1n) is 8.37. The van der Waals surface area contributed by atoms with E-state index in [0.717, 1.165) is 11.3 Å². The summed E-state index contributed by atoms with van der Waals surface area (Å²) in [6.07, 6.45) is 1.35. The molecule has 3 rings (SSSR count). The highest BCUT2D eigenvalue weighted by Gasteiger charge is 2.17. The van der Waals surface area contributed by atoms with Gasteiger partial charge in [-0.15, -0.1) is 11.3 Å². The molecule has 4 nitrogen and oxygen atoms in total. The van der Waals surface area contributed by atoms with Gasteiger partial charge in [-0.05, 0) is 25.1 Å². The molecule has 1 aromatic heterocycles. The number of ketones is 1. The van der Waals surface area contributed by atoms with Crippen LogP contribution in [0.5, 0.6) is 0 Å². The van der Waals surface area contributed by atoms with Gasteiger partial charge in [-0.3, -0.25) is 14.2 Å². The van der Waals surface area contributed by atoms with Crippen LogP contribution in [0.4, 0.5) is 4.39 Å². The number of aromatic nitrogens is 1. The lowest BCUT2D eigenvalue weighted by Crippen LogP contribution is -2.32. The molecule has 140 valence electrons. The Morgan fingerprint density at radius 3 is 2.57 bits per heavy atom. The van der Waals surface area contributed by atoms with E-state index in [0.29, 0.717) is 5.56 Å². The summed E-state index contributed by atoms with van der Waals surface area (Å²) >= 11 is 7.01. The van der Waals surface area contributed by atoms with Crippen molar-refractivity contribution < 1.29 is 9.18 Å². The third-order valence-corrected chi connectivity index (χ3v) is 5.55. The van der Waals surface area contributed by atoms with E-state index in [1.165, 1.54) is 28.8 Å². The molecule has 0 aliphatic heterocycles. The standard InChI is InChI=1S/C21H14ClFN2O2S/c1-2-25-20(27)18(11-14-16(22)9-6-10-17(14)23)28-21(25)15(12-24)19(26)13-7-4-3-5-8-13/h3-11H,2H2,1H3/b18-11+,21-15-. The third-order valence-electron chi connectivity index (χ3n) is 4.09. The number of hydrogen-bond donors (Lipinski definition) is 0. The number of carbonyl (C=O) groups is 1. The van der Waals surface area contributed by atoms with Crippen LogP contribution in [0.1, 0.15) is 22.8 Å². The van der Waals surface area contributed by atoms with E-state index in [9.17, 15) is 19.2 Å². The summed E-state index contributed by atoms with van der Waals surface area (Å²) in [5.41, 5.74) is -0.0969. The molecule has 0 radical (unpaired) electrons. The van der Waals surface area contributed by atoms with E-state index in [1.54, 1.807) is 37.3 Å². The molecule has 0 spiro atoms. The first kappa shape index (κ1) is 19.7. The van der Waals surface area contributed by atoms with Gasteiger partial charge in [-0.1, -0.05) is 48.0 Å². The quantitative estimate of drug-likeness (QED) is 0.618. The number of Topliss-reactive ketones (excluding diaryl/α,β-unsaturated/α-hetero) is 1. The first-order chi connectivity index (χ1) is 13.5. The second kappa shape index (κ2) is 8.34. The lowest BCUT2D eigenvalue weighted by atomic mass is 10.1. The molecule has 0 saturated carbocycles. The number of benzene rings is 2. The maximum absolute atomic E-state index is 14.1. The molecule has 0 N–H and O–H groups in total. The van der Waals surface area contributed by atoms with Gasteiger partial charge in [0.05, 0.1) is 9.55 Å². The zero-order valence-corrected chi connectivity index (χ0v) is 16.4. The number of nitriles is 1. The first-order valence-corrected chi connectivity index (χ1v) is 9.57. The molecule has 28 heavy (non-hydrogen) atoms. The van der Waals surface area contributed by atoms with Gasteiger partial charge in [0, 0.05) is 17.7 Å². The van der Waals surface area contributed by atoms with E-state index in [4.69, 9.17) is 11.6 Å². The lowest BCUT2D eigenvalue weighted by Gasteiger charge is -2.00. The Morgan fingerprint density at radius 1 is 1.25 bits per heavy atom. The number of carbonyl (C=O) groups excluding carboxylic acids is 1. The molecule has 0 fully saturated rings. The number of nitrogens with zero attached hydrogens (tertiary/aromatic N) is 2. The smallest absolute Gasteiger partial charge is 0.269 e. The van der Waals surface area contributed by atoms with Gasteiger partial charge in [0.1, 0.15) is 22.1 Å². The number of thiazole rings is 1. The topological polar surface area (TPSA) is 62.9 Å². The third kappa shape index (κ3) is 3.68. The second-order valence-corrected chi connectivity index (χ2v) is 7.22. The number of hydrogen-bond acceptors (Lipinski definition) is 4. The minimum atomic E-state index is -0.560. The molecule has 0 saturated heterocycles. The zero-order valence-electron chi connectivity index (χ0n) is 14.8. The highest BCUT2D eigenvalue weighted by Crippen LogP contribution is 2.19. The minimum absolute atomic E-state index is 0.0882. The van der Waals surface area contributed by atoms with E-state index < -0.39 is 17.2 Å². The molecule has 0 amide bonds. The summed E-state index contributed by atoms with van der Waals surface area (Å²) in [5, 5.41) is 9.77. The van der Waals surface area contributed by atoms with Gasteiger partial charge < -0.3 is 0 Å². The van der Waals surface area contributed by atoms with Crippen molar-refractivity contribution >= 4 is 40.4 Å². The van der Waals surface area contributed by atoms with Crippen LogP contribution in [0.3, 0.4) is 0 Å². The maximum atomic E-state index is 14.1. The van der Waals surface area contributed by atoms with Gasteiger partial charge >= 0.3 is 0 Å².